The zero-order valence-electron chi connectivity index (χ0n) is 12.2. The third-order valence-corrected chi connectivity index (χ3v) is 5.10. The Hall–Kier alpha value is -1.43. The lowest BCUT2D eigenvalue weighted by atomic mass is 10.3. The first-order valence-electron chi connectivity index (χ1n) is 7.03. The molecule has 1 aromatic carbocycles. The summed E-state index contributed by atoms with van der Waals surface area (Å²) in [6.45, 7) is 1.17. The van der Waals surface area contributed by atoms with Gasteiger partial charge in [-0.15, -0.1) is 11.8 Å². The van der Waals surface area contributed by atoms with Crippen molar-refractivity contribution in [1.29, 1.82) is 0 Å². The SMILES string of the molecule is COCCN1C(=O)CS[C@H]1c1ccn(-c2cccc(Cl)c2)c1. The molecule has 1 atom stereocenters. The van der Waals surface area contributed by atoms with E-state index in [-0.39, 0.29) is 11.3 Å². The van der Waals surface area contributed by atoms with E-state index in [1.165, 1.54) is 0 Å². The Labute approximate surface area is 139 Å². The Bertz CT molecular complexity index is 674. The van der Waals surface area contributed by atoms with Gasteiger partial charge >= 0.3 is 0 Å². The molecule has 1 aliphatic heterocycles. The zero-order valence-corrected chi connectivity index (χ0v) is 13.8. The molecule has 22 heavy (non-hydrogen) atoms. The summed E-state index contributed by atoms with van der Waals surface area (Å²) < 4.78 is 7.13. The summed E-state index contributed by atoms with van der Waals surface area (Å²) in [6.07, 6.45) is 4.06. The summed E-state index contributed by atoms with van der Waals surface area (Å²) in [5.74, 6) is 0.694. The number of methoxy groups -OCH3 is 1. The number of amides is 1. The number of ether oxygens (including phenoxy) is 1. The molecular formula is C16H17ClN2O2S. The first-order valence-corrected chi connectivity index (χ1v) is 8.45. The number of halogens is 1. The molecule has 2 aromatic rings. The molecule has 3 rings (SSSR count). The molecule has 1 aliphatic rings. The van der Waals surface area contributed by atoms with Crippen LogP contribution in [0.1, 0.15) is 10.9 Å². The van der Waals surface area contributed by atoms with Crippen LogP contribution < -0.4 is 0 Å². The lowest BCUT2D eigenvalue weighted by molar-refractivity contribution is -0.128. The monoisotopic (exact) mass is 336 g/mol. The molecule has 0 N–H and O–H groups in total. The Morgan fingerprint density at radius 3 is 3.05 bits per heavy atom. The van der Waals surface area contributed by atoms with E-state index in [4.69, 9.17) is 16.3 Å². The van der Waals surface area contributed by atoms with Crippen molar-refractivity contribution >= 4 is 29.3 Å². The third kappa shape index (κ3) is 3.16. The van der Waals surface area contributed by atoms with E-state index >= 15 is 0 Å². The van der Waals surface area contributed by atoms with Crippen LogP contribution in [-0.2, 0) is 9.53 Å². The van der Waals surface area contributed by atoms with Gasteiger partial charge in [-0.2, -0.15) is 0 Å². The van der Waals surface area contributed by atoms with E-state index in [0.29, 0.717) is 23.9 Å². The van der Waals surface area contributed by atoms with Gasteiger partial charge in [0.2, 0.25) is 5.91 Å². The average molecular weight is 337 g/mol. The Morgan fingerprint density at radius 1 is 1.41 bits per heavy atom. The van der Waals surface area contributed by atoms with Crippen molar-refractivity contribution in [2.24, 2.45) is 0 Å². The third-order valence-electron chi connectivity index (χ3n) is 3.61. The van der Waals surface area contributed by atoms with Crippen LogP contribution in [0.4, 0.5) is 0 Å². The van der Waals surface area contributed by atoms with Gasteiger partial charge in [0.25, 0.3) is 0 Å². The second-order valence-corrected chi connectivity index (χ2v) is 6.58. The van der Waals surface area contributed by atoms with E-state index in [1.807, 2.05) is 39.9 Å². The lowest BCUT2D eigenvalue weighted by Crippen LogP contribution is -2.31. The smallest absolute Gasteiger partial charge is 0.233 e. The highest BCUT2D eigenvalue weighted by atomic mass is 35.5. The van der Waals surface area contributed by atoms with Gasteiger partial charge in [-0.25, -0.2) is 0 Å². The normalized spacial score (nSPS) is 18.2. The number of benzene rings is 1. The van der Waals surface area contributed by atoms with Crippen LogP contribution in [0.15, 0.2) is 42.7 Å². The van der Waals surface area contributed by atoms with E-state index in [0.717, 1.165) is 11.3 Å². The topological polar surface area (TPSA) is 34.5 Å². The van der Waals surface area contributed by atoms with Gasteiger partial charge in [-0.05, 0) is 24.3 Å². The molecule has 1 fully saturated rings. The van der Waals surface area contributed by atoms with Crippen molar-refractivity contribution in [1.82, 2.24) is 9.47 Å². The molecule has 1 aromatic heterocycles. The predicted octanol–water partition coefficient (Wildman–Crippen LogP) is 3.35. The number of hydrogen-bond donors (Lipinski definition) is 0. The van der Waals surface area contributed by atoms with E-state index < -0.39 is 0 Å². The molecule has 0 saturated carbocycles. The average Bonchev–Trinajstić information content (AvgIpc) is 3.12. The summed E-state index contributed by atoms with van der Waals surface area (Å²) in [5, 5.41) is 0.767. The van der Waals surface area contributed by atoms with Gasteiger partial charge < -0.3 is 14.2 Å². The Morgan fingerprint density at radius 2 is 2.27 bits per heavy atom. The molecule has 1 saturated heterocycles. The van der Waals surface area contributed by atoms with Gasteiger partial charge in [0, 0.05) is 42.3 Å². The summed E-state index contributed by atoms with van der Waals surface area (Å²) in [7, 11) is 1.65. The molecule has 0 aliphatic carbocycles. The second-order valence-electron chi connectivity index (χ2n) is 5.08. The number of carbonyl (C=O) groups is 1. The standard InChI is InChI=1S/C16H17ClN2O2S/c1-21-8-7-19-15(20)11-22-16(19)12-5-6-18(10-12)14-4-2-3-13(17)9-14/h2-6,9-10,16H,7-8,11H2,1H3/t16-/m0/s1. The molecule has 116 valence electrons. The summed E-state index contributed by atoms with van der Waals surface area (Å²) in [4.78, 5) is 13.9. The minimum Gasteiger partial charge on any atom is -0.383 e. The minimum atomic E-state index is 0.0584. The van der Waals surface area contributed by atoms with Gasteiger partial charge in [-0.1, -0.05) is 17.7 Å². The fourth-order valence-corrected chi connectivity index (χ4v) is 3.90. The van der Waals surface area contributed by atoms with Crippen LogP contribution in [0.2, 0.25) is 5.02 Å². The van der Waals surface area contributed by atoms with E-state index in [2.05, 4.69) is 12.3 Å². The van der Waals surface area contributed by atoms with Crippen molar-refractivity contribution in [3.8, 4) is 5.69 Å². The largest absolute Gasteiger partial charge is 0.383 e. The first kappa shape index (κ1) is 15.5. The van der Waals surface area contributed by atoms with Crippen LogP contribution in [0.5, 0.6) is 0 Å². The van der Waals surface area contributed by atoms with Gasteiger partial charge in [0.15, 0.2) is 0 Å². The van der Waals surface area contributed by atoms with Crippen LogP contribution in [-0.4, -0.2) is 41.4 Å². The van der Waals surface area contributed by atoms with E-state index in [1.54, 1.807) is 18.9 Å². The maximum Gasteiger partial charge on any atom is 0.233 e. The molecule has 2 heterocycles. The van der Waals surface area contributed by atoms with Crippen LogP contribution in [0.25, 0.3) is 5.69 Å². The summed E-state index contributed by atoms with van der Waals surface area (Å²) in [6, 6.07) is 9.76. The van der Waals surface area contributed by atoms with Gasteiger partial charge in [0.05, 0.1) is 12.4 Å². The van der Waals surface area contributed by atoms with Crippen molar-refractivity contribution in [2.45, 2.75) is 5.37 Å². The lowest BCUT2D eigenvalue weighted by Gasteiger charge is -2.22. The van der Waals surface area contributed by atoms with Crippen molar-refractivity contribution < 1.29 is 9.53 Å². The molecule has 0 unspecified atom stereocenters. The Balaban J connectivity index is 1.82. The van der Waals surface area contributed by atoms with Crippen molar-refractivity contribution in [2.75, 3.05) is 26.0 Å². The Kier molecular flexibility index (Phi) is 4.76. The number of nitrogens with zero attached hydrogens (tertiary/aromatic N) is 2. The van der Waals surface area contributed by atoms with Crippen LogP contribution >= 0.6 is 23.4 Å². The molecule has 4 nitrogen and oxygen atoms in total. The molecule has 6 heteroatoms. The second kappa shape index (κ2) is 6.77. The maximum absolute atomic E-state index is 12.0. The highest BCUT2D eigenvalue weighted by Gasteiger charge is 2.32. The number of thioether (sulfide) groups is 1. The highest BCUT2D eigenvalue weighted by molar-refractivity contribution is 8.00. The molecule has 0 bridgehead atoms. The summed E-state index contributed by atoms with van der Waals surface area (Å²) in [5.41, 5.74) is 2.13. The fraction of sp³-hybridized carbons (Fsp3) is 0.312. The number of aromatic nitrogens is 1. The summed E-state index contributed by atoms with van der Waals surface area (Å²) >= 11 is 7.70. The molecule has 0 spiro atoms. The van der Waals surface area contributed by atoms with Crippen LogP contribution in [0, 0.1) is 0 Å². The fourth-order valence-electron chi connectivity index (χ4n) is 2.52. The predicted molar refractivity (Wildman–Crippen MR) is 89.6 cm³/mol. The number of carbonyl (C=O) groups excluding carboxylic acids is 1. The first-order chi connectivity index (χ1) is 10.7. The van der Waals surface area contributed by atoms with Crippen LogP contribution in [0.3, 0.4) is 0 Å². The molecular weight excluding hydrogens is 320 g/mol. The van der Waals surface area contributed by atoms with Crippen molar-refractivity contribution in [3.05, 3.63) is 53.3 Å². The zero-order chi connectivity index (χ0) is 15.5. The van der Waals surface area contributed by atoms with Gasteiger partial charge in [-0.3, -0.25) is 4.79 Å². The maximum atomic E-state index is 12.0. The number of hydrogen-bond acceptors (Lipinski definition) is 3. The van der Waals surface area contributed by atoms with E-state index in [9.17, 15) is 4.79 Å². The molecule has 0 radical (unpaired) electrons. The quantitative estimate of drug-likeness (QED) is 0.839. The number of rotatable bonds is 5. The van der Waals surface area contributed by atoms with Crippen molar-refractivity contribution in [3.63, 3.8) is 0 Å². The highest BCUT2D eigenvalue weighted by Crippen LogP contribution is 2.38. The minimum absolute atomic E-state index is 0.0584. The van der Waals surface area contributed by atoms with Gasteiger partial charge in [0.1, 0.15) is 5.37 Å². The molecule has 1 amide bonds.